The lowest BCUT2D eigenvalue weighted by Crippen LogP contribution is -2.36. The zero-order chi connectivity index (χ0) is 16.8. The zero-order valence-corrected chi connectivity index (χ0v) is 12.7. The Morgan fingerprint density at radius 2 is 1.91 bits per heavy atom. The Morgan fingerprint density at radius 1 is 1.13 bits per heavy atom. The van der Waals surface area contributed by atoms with Gasteiger partial charge in [-0.1, -0.05) is 23.7 Å². The van der Waals surface area contributed by atoms with Gasteiger partial charge in [-0.2, -0.15) is 0 Å². The second-order valence-corrected chi connectivity index (χ2v) is 5.19. The second kappa shape index (κ2) is 7.60. The van der Waals surface area contributed by atoms with Crippen molar-refractivity contribution in [2.75, 3.05) is 11.9 Å². The highest BCUT2D eigenvalue weighted by atomic mass is 35.5. The first kappa shape index (κ1) is 16.8. The Bertz CT molecular complexity index is 737. The Kier molecular flexibility index (Phi) is 5.54. The van der Waals surface area contributed by atoms with Gasteiger partial charge in [0, 0.05) is 11.6 Å². The molecule has 2 rings (SSSR count). The van der Waals surface area contributed by atoms with E-state index in [0.29, 0.717) is 6.42 Å². The quantitative estimate of drug-likeness (QED) is 0.751. The van der Waals surface area contributed by atoms with Gasteiger partial charge in [0.05, 0.1) is 5.69 Å². The number of phenols is 1. The minimum Gasteiger partial charge on any atom is -0.508 e. The molecule has 0 saturated heterocycles. The number of halogens is 2. The van der Waals surface area contributed by atoms with Crippen molar-refractivity contribution in [3.63, 3.8) is 0 Å². The number of hydrogen-bond donors (Lipinski definition) is 3. The summed E-state index contributed by atoms with van der Waals surface area (Å²) >= 11 is 5.60. The van der Waals surface area contributed by atoms with Crippen LogP contribution in [-0.2, 0) is 16.0 Å². The number of hydrogen-bond acceptors (Lipinski definition) is 3. The highest BCUT2D eigenvalue weighted by Gasteiger charge is 2.15. The first-order valence-electron chi connectivity index (χ1n) is 6.78. The number of carbonyl (C=O) groups excluding carboxylic acids is 2. The summed E-state index contributed by atoms with van der Waals surface area (Å²) in [5, 5.41) is 14.1. The Labute approximate surface area is 137 Å². The van der Waals surface area contributed by atoms with Crippen LogP contribution in [0.2, 0.25) is 5.02 Å². The maximum Gasteiger partial charge on any atom is 0.313 e. The molecule has 5 nitrogen and oxygen atoms in total. The van der Waals surface area contributed by atoms with Crippen molar-refractivity contribution >= 4 is 29.1 Å². The third-order valence-electron chi connectivity index (χ3n) is 3.00. The average Bonchev–Trinajstić information content (AvgIpc) is 2.50. The smallest absolute Gasteiger partial charge is 0.313 e. The molecule has 0 radical (unpaired) electrons. The largest absolute Gasteiger partial charge is 0.508 e. The molecule has 7 heteroatoms. The highest BCUT2D eigenvalue weighted by Crippen LogP contribution is 2.18. The van der Waals surface area contributed by atoms with Crippen LogP contribution in [0.5, 0.6) is 5.75 Å². The van der Waals surface area contributed by atoms with Crippen molar-refractivity contribution in [2.24, 2.45) is 0 Å². The van der Waals surface area contributed by atoms with Crippen LogP contribution in [0.15, 0.2) is 42.5 Å². The Hall–Kier alpha value is -2.60. The summed E-state index contributed by atoms with van der Waals surface area (Å²) in [7, 11) is 0. The van der Waals surface area contributed by atoms with Gasteiger partial charge in [-0.05, 0) is 42.3 Å². The van der Waals surface area contributed by atoms with Gasteiger partial charge in [0.2, 0.25) is 0 Å². The van der Waals surface area contributed by atoms with Crippen LogP contribution in [0.25, 0.3) is 0 Å². The molecule has 0 aliphatic heterocycles. The fourth-order valence-electron chi connectivity index (χ4n) is 1.88. The van der Waals surface area contributed by atoms with Crippen molar-refractivity contribution in [2.45, 2.75) is 6.42 Å². The molecule has 0 bridgehead atoms. The molecule has 3 N–H and O–H groups in total. The van der Waals surface area contributed by atoms with E-state index in [9.17, 15) is 19.1 Å². The van der Waals surface area contributed by atoms with Crippen LogP contribution >= 0.6 is 11.6 Å². The van der Waals surface area contributed by atoms with Gasteiger partial charge in [0.15, 0.2) is 0 Å². The molecule has 0 spiro atoms. The number of anilines is 1. The first-order valence-corrected chi connectivity index (χ1v) is 7.15. The third-order valence-corrected chi connectivity index (χ3v) is 3.23. The van der Waals surface area contributed by atoms with Gasteiger partial charge in [-0.15, -0.1) is 0 Å². The summed E-state index contributed by atoms with van der Waals surface area (Å²) in [6.45, 7) is 0.207. The summed E-state index contributed by atoms with van der Waals surface area (Å²) in [5.74, 6) is -2.44. The number of nitrogens with one attached hydrogen (secondary N) is 2. The van der Waals surface area contributed by atoms with Gasteiger partial charge in [0.1, 0.15) is 11.6 Å². The van der Waals surface area contributed by atoms with Crippen molar-refractivity contribution < 1.29 is 19.1 Å². The monoisotopic (exact) mass is 336 g/mol. The molecule has 120 valence electrons. The topological polar surface area (TPSA) is 78.4 Å². The van der Waals surface area contributed by atoms with Crippen LogP contribution in [-0.4, -0.2) is 23.5 Å². The number of phenolic OH excluding ortho intramolecular Hbond substituents is 1. The van der Waals surface area contributed by atoms with E-state index in [0.717, 1.165) is 11.6 Å². The molecule has 0 saturated carbocycles. The highest BCUT2D eigenvalue weighted by molar-refractivity contribution is 6.39. The van der Waals surface area contributed by atoms with Gasteiger partial charge in [0.25, 0.3) is 0 Å². The maximum atomic E-state index is 13.5. The van der Waals surface area contributed by atoms with E-state index in [1.165, 1.54) is 18.2 Å². The maximum absolute atomic E-state index is 13.5. The number of amides is 2. The molecule has 0 heterocycles. The molecule has 0 fully saturated rings. The van der Waals surface area contributed by atoms with Crippen molar-refractivity contribution in [3.8, 4) is 5.75 Å². The number of aromatic hydroxyl groups is 1. The van der Waals surface area contributed by atoms with Crippen molar-refractivity contribution in [3.05, 3.63) is 58.9 Å². The number of benzene rings is 2. The van der Waals surface area contributed by atoms with E-state index < -0.39 is 17.6 Å². The predicted octanol–water partition coefficient (Wildman–Crippen LogP) is 2.48. The standard InChI is InChI=1S/C16H14ClFN2O3/c17-11-4-5-14(13(18)9-11)20-16(23)15(22)19-7-6-10-2-1-3-12(21)8-10/h1-5,8-9,21H,6-7H2,(H,19,22)(H,20,23). The Morgan fingerprint density at radius 3 is 2.61 bits per heavy atom. The molecule has 0 atom stereocenters. The van der Waals surface area contributed by atoms with Crippen molar-refractivity contribution in [1.29, 1.82) is 0 Å². The summed E-state index contributed by atoms with van der Waals surface area (Å²) in [4.78, 5) is 23.3. The minimum atomic E-state index is -0.970. The van der Waals surface area contributed by atoms with Crippen LogP contribution in [0.1, 0.15) is 5.56 Å². The van der Waals surface area contributed by atoms with Crippen LogP contribution in [0.4, 0.5) is 10.1 Å². The lowest BCUT2D eigenvalue weighted by atomic mass is 10.1. The fourth-order valence-corrected chi connectivity index (χ4v) is 2.04. The molecular weight excluding hydrogens is 323 g/mol. The van der Waals surface area contributed by atoms with E-state index >= 15 is 0 Å². The van der Waals surface area contributed by atoms with Gasteiger partial charge in [-0.3, -0.25) is 9.59 Å². The van der Waals surface area contributed by atoms with Crippen LogP contribution in [0, 0.1) is 5.82 Å². The first-order chi connectivity index (χ1) is 11.0. The summed E-state index contributed by atoms with van der Waals surface area (Å²) in [6, 6.07) is 10.3. The van der Waals surface area contributed by atoms with Gasteiger partial charge < -0.3 is 15.7 Å². The second-order valence-electron chi connectivity index (χ2n) is 4.75. The molecule has 2 amide bonds. The van der Waals surface area contributed by atoms with E-state index in [1.54, 1.807) is 18.2 Å². The fraction of sp³-hybridized carbons (Fsp3) is 0.125. The molecule has 2 aromatic carbocycles. The summed E-state index contributed by atoms with van der Waals surface area (Å²) in [6.07, 6.45) is 0.447. The lowest BCUT2D eigenvalue weighted by molar-refractivity contribution is -0.136. The van der Waals surface area contributed by atoms with Crippen molar-refractivity contribution in [1.82, 2.24) is 5.32 Å². The van der Waals surface area contributed by atoms with Gasteiger partial charge in [-0.25, -0.2) is 4.39 Å². The predicted molar refractivity (Wildman–Crippen MR) is 84.9 cm³/mol. The zero-order valence-electron chi connectivity index (χ0n) is 12.0. The van der Waals surface area contributed by atoms with E-state index in [4.69, 9.17) is 11.6 Å². The lowest BCUT2D eigenvalue weighted by Gasteiger charge is -2.08. The van der Waals surface area contributed by atoms with E-state index in [2.05, 4.69) is 10.6 Å². The van der Waals surface area contributed by atoms with Crippen LogP contribution < -0.4 is 10.6 Å². The molecule has 0 aromatic heterocycles. The van der Waals surface area contributed by atoms with E-state index in [1.807, 2.05) is 0 Å². The molecular formula is C16H14ClFN2O3. The molecule has 0 unspecified atom stereocenters. The molecule has 0 aliphatic rings. The average molecular weight is 337 g/mol. The molecule has 23 heavy (non-hydrogen) atoms. The number of rotatable bonds is 4. The SMILES string of the molecule is O=C(NCCc1cccc(O)c1)C(=O)Nc1ccc(Cl)cc1F. The summed E-state index contributed by atoms with van der Waals surface area (Å²) in [5.41, 5.74) is 0.692. The van der Waals surface area contributed by atoms with Crippen LogP contribution in [0.3, 0.4) is 0 Å². The third kappa shape index (κ3) is 4.96. The van der Waals surface area contributed by atoms with E-state index in [-0.39, 0.29) is 23.0 Å². The molecule has 2 aromatic rings. The normalized spacial score (nSPS) is 10.2. The van der Waals surface area contributed by atoms with Gasteiger partial charge >= 0.3 is 11.8 Å². The number of carbonyl (C=O) groups is 2. The molecule has 0 aliphatic carbocycles. The summed E-state index contributed by atoms with van der Waals surface area (Å²) < 4.78 is 13.5. The minimum absolute atomic E-state index is 0.123. The Balaban J connectivity index is 1.84.